The van der Waals surface area contributed by atoms with Crippen LogP contribution in [0.3, 0.4) is 0 Å². The van der Waals surface area contributed by atoms with Crippen LogP contribution in [0.1, 0.15) is 36.5 Å². The molecule has 0 bridgehead atoms. The van der Waals surface area contributed by atoms with Crippen LogP contribution < -0.4 is 4.74 Å². The molecule has 0 radical (unpaired) electrons. The van der Waals surface area contributed by atoms with Gasteiger partial charge in [-0.15, -0.1) is 0 Å². The zero-order chi connectivity index (χ0) is 14.0. The van der Waals surface area contributed by atoms with E-state index in [1.54, 1.807) is 6.20 Å². The molecule has 100 valence electrons. The van der Waals surface area contributed by atoms with Crippen LogP contribution in [-0.4, -0.2) is 9.97 Å². The maximum absolute atomic E-state index is 5.93. The van der Waals surface area contributed by atoms with Crippen molar-refractivity contribution in [3.05, 3.63) is 46.4 Å². The highest BCUT2D eigenvalue weighted by Crippen LogP contribution is 2.32. The molecule has 1 heterocycles. The normalized spacial score (nSPS) is 10.8. The maximum atomic E-state index is 5.93. The van der Waals surface area contributed by atoms with Gasteiger partial charge in [-0.05, 0) is 48.6 Å². The van der Waals surface area contributed by atoms with Gasteiger partial charge in [0.05, 0.1) is 0 Å². The summed E-state index contributed by atoms with van der Waals surface area (Å²) in [6.07, 6.45) is 1.66. The van der Waals surface area contributed by atoms with Crippen molar-refractivity contribution in [3.8, 4) is 11.6 Å². The molecule has 1 aromatic heterocycles. The van der Waals surface area contributed by atoms with Gasteiger partial charge in [0.1, 0.15) is 5.75 Å². The molecular formula is C15H17ClN2O. The molecule has 1 aromatic carbocycles. The first-order valence-electron chi connectivity index (χ1n) is 6.25. The summed E-state index contributed by atoms with van der Waals surface area (Å²) in [4.78, 5) is 8.06. The summed E-state index contributed by atoms with van der Waals surface area (Å²) in [5, 5.41) is 0.194. The van der Waals surface area contributed by atoms with E-state index in [2.05, 4.69) is 35.9 Å². The molecule has 0 spiro atoms. The molecule has 4 heteroatoms. The van der Waals surface area contributed by atoms with Crippen LogP contribution in [0.5, 0.6) is 11.6 Å². The molecule has 0 fully saturated rings. The van der Waals surface area contributed by atoms with Crippen LogP contribution >= 0.6 is 11.6 Å². The topological polar surface area (TPSA) is 35.0 Å². The second-order valence-electron chi connectivity index (χ2n) is 4.93. The molecule has 0 saturated carbocycles. The maximum Gasteiger partial charge on any atom is 0.226 e. The van der Waals surface area contributed by atoms with Crippen molar-refractivity contribution in [3.63, 3.8) is 0 Å². The van der Waals surface area contributed by atoms with E-state index in [0.717, 1.165) is 22.4 Å². The fourth-order valence-electron chi connectivity index (χ4n) is 1.82. The Bertz CT molecular complexity index is 597. The van der Waals surface area contributed by atoms with Crippen LogP contribution in [0.2, 0.25) is 5.28 Å². The molecule has 0 aliphatic carbocycles. The van der Waals surface area contributed by atoms with E-state index in [0.29, 0.717) is 11.8 Å². The number of aryl methyl sites for hydroxylation is 2. The zero-order valence-corrected chi connectivity index (χ0v) is 12.3. The average Bonchev–Trinajstić information content (AvgIpc) is 2.33. The standard InChI is InChI=1S/C15H17ClN2O/c1-9(2)12-6-5-10(3)7-13(12)19-14-11(4)8-17-15(16)18-14/h5-9H,1-4H3. The quantitative estimate of drug-likeness (QED) is 0.765. The number of hydrogen-bond donors (Lipinski definition) is 0. The molecule has 0 aliphatic heterocycles. The molecule has 0 unspecified atom stereocenters. The fraction of sp³-hybridized carbons (Fsp3) is 0.333. The first-order chi connectivity index (χ1) is 8.97. The molecule has 0 aliphatic rings. The molecule has 0 amide bonds. The lowest BCUT2D eigenvalue weighted by molar-refractivity contribution is 0.449. The highest BCUT2D eigenvalue weighted by molar-refractivity contribution is 6.28. The lowest BCUT2D eigenvalue weighted by Gasteiger charge is -2.15. The van der Waals surface area contributed by atoms with Gasteiger partial charge < -0.3 is 4.74 Å². The van der Waals surface area contributed by atoms with Crippen molar-refractivity contribution in [2.45, 2.75) is 33.6 Å². The second kappa shape index (κ2) is 5.57. The number of hydrogen-bond acceptors (Lipinski definition) is 3. The van der Waals surface area contributed by atoms with E-state index in [1.165, 1.54) is 0 Å². The fourth-order valence-corrected chi connectivity index (χ4v) is 1.95. The Labute approximate surface area is 118 Å². The van der Waals surface area contributed by atoms with Crippen molar-refractivity contribution in [2.75, 3.05) is 0 Å². The van der Waals surface area contributed by atoms with Crippen molar-refractivity contribution >= 4 is 11.6 Å². The second-order valence-corrected chi connectivity index (χ2v) is 5.26. The van der Waals surface area contributed by atoms with Crippen LogP contribution in [-0.2, 0) is 0 Å². The molecule has 0 saturated heterocycles. The summed E-state index contributed by atoms with van der Waals surface area (Å²) < 4.78 is 5.93. The minimum absolute atomic E-state index is 0.194. The Morgan fingerprint density at radius 3 is 2.63 bits per heavy atom. The Morgan fingerprint density at radius 2 is 1.95 bits per heavy atom. The zero-order valence-electron chi connectivity index (χ0n) is 11.6. The first kappa shape index (κ1) is 13.8. The number of halogens is 1. The Hall–Kier alpha value is -1.61. The molecule has 0 atom stereocenters. The van der Waals surface area contributed by atoms with Crippen LogP contribution in [0, 0.1) is 13.8 Å². The van der Waals surface area contributed by atoms with E-state index in [-0.39, 0.29) is 5.28 Å². The van der Waals surface area contributed by atoms with E-state index in [4.69, 9.17) is 16.3 Å². The Balaban J connectivity index is 2.42. The van der Waals surface area contributed by atoms with Gasteiger partial charge in [0.25, 0.3) is 0 Å². The number of nitrogens with zero attached hydrogens (tertiary/aromatic N) is 2. The van der Waals surface area contributed by atoms with Crippen molar-refractivity contribution in [1.82, 2.24) is 9.97 Å². The summed E-state index contributed by atoms with van der Waals surface area (Å²) in [7, 11) is 0. The monoisotopic (exact) mass is 276 g/mol. The van der Waals surface area contributed by atoms with Crippen molar-refractivity contribution < 1.29 is 4.74 Å². The number of benzene rings is 1. The van der Waals surface area contributed by atoms with Gasteiger partial charge in [-0.3, -0.25) is 0 Å². The predicted octanol–water partition coefficient (Wildman–Crippen LogP) is 4.66. The molecule has 3 nitrogen and oxygen atoms in total. The van der Waals surface area contributed by atoms with Crippen LogP contribution in [0.4, 0.5) is 0 Å². The van der Waals surface area contributed by atoms with Crippen LogP contribution in [0.15, 0.2) is 24.4 Å². The minimum atomic E-state index is 0.194. The van der Waals surface area contributed by atoms with Gasteiger partial charge in [0, 0.05) is 11.8 Å². The third-order valence-electron chi connectivity index (χ3n) is 2.89. The van der Waals surface area contributed by atoms with E-state index in [9.17, 15) is 0 Å². The summed E-state index contributed by atoms with van der Waals surface area (Å²) in [5.41, 5.74) is 3.16. The first-order valence-corrected chi connectivity index (χ1v) is 6.62. The van der Waals surface area contributed by atoms with E-state index in [1.807, 2.05) is 19.9 Å². The lowest BCUT2D eigenvalue weighted by Crippen LogP contribution is -1.98. The van der Waals surface area contributed by atoms with Crippen molar-refractivity contribution in [1.29, 1.82) is 0 Å². The number of aromatic nitrogens is 2. The van der Waals surface area contributed by atoms with Gasteiger partial charge in [-0.2, -0.15) is 4.98 Å². The summed E-state index contributed by atoms with van der Waals surface area (Å²) >= 11 is 5.81. The van der Waals surface area contributed by atoms with Crippen molar-refractivity contribution in [2.24, 2.45) is 0 Å². The summed E-state index contributed by atoms with van der Waals surface area (Å²) in [5.74, 6) is 1.72. The number of rotatable bonds is 3. The third kappa shape index (κ3) is 3.24. The van der Waals surface area contributed by atoms with E-state index >= 15 is 0 Å². The van der Waals surface area contributed by atoms with Gasteiger partial charge in [0.2, 0.25) is 11.2 Å². The predicted molar refractivity (Wildman–Crippen MR) is 77.1 cm³/mol. The molecule has 19 heavy (non-hydrogen) atoms. The van der Waals surface area contributed by atoms with Gasteiger partial charge in [0.15, 0.2) is 0 Å². The SMILES string of the molecule is Cc1ccc(C(C)C)c(Oc2nc(Cl)ncc2C)c1. The average molecular weight is 277 g/mol. The van der Waals surface area contributed by atoms with Crippen LogP contribution in [0.25, 0.3) is 0 Å². The lowest BCUT2D eigenvalue weighted by atomic mass is 10.0. The molecule has 2 rings (SSSR count). The number of ether oxygens (including phenoxy) is 1. The van der Waals surface area contributed by atoms with Gasteiger partial charge in [-0.25, -0.2) is 4.98 Å². The molecule has 0 N–H and O–H groups in total. The summed E-state index contributed by atoms with van der Waals surface area (Å²) in [6, 6.07) is 6.19. The minimum Gasteiger partial charge on any atom is -0.438 e. The van der Waals surface area contributed by atoms with Gasteiger partial charge >= 0.3 is 0 Å². The third-order valence-corrected chi connectivity index (χ3v) is 3.08. The largest absolute Gasteiger partial charge is 0.438 e. The Kier molecular flexibility index (Phi) is 4.05. The molecule has 2 aromatic rings. The Morgan fingerprint density at radius 1 is 1.21 bits per heavy atom. The smallest absolute Gasteiger partial charge is 0.226 e. The van der Waals surface area contributed by atoms with Gasteiger partial charge in [-0.1, -0.05) is 26.0 Å². The summed E-state index contributed by atoms with van der Waals surface area (Å²) in [6.45, 7) is 8.21. The highest BCUT2D eigenvalue weighted by Gasteiger charge is 2.11. The van der Waals surface area contributed by atoms with E-state index < -0.39 is 0 Å². The molecular weight excluding hydrogens is 260 g/mol. The highest BCUT2D eigenvalue weighted by atomic mass is 35.5.